The maximum absolute atomic E-state index is 12.0. The summed E-state index contributed by atoms with van der Waals surface area (Å²) in [6, 6.07) is 6.37. The first-order valence-corrected chi connectivity index (χ1v) is 9.36. The molecule has 7 heteroatoms. The first-order chi connectivity index (χ1) is 11.0. The molecule has 1 aromatic rings. The Hall–Kier alpha value is -1.60. The van der Waals surface area contributed by atoms with Crippen molar-refractivity contribution >= 4 is 16.2 Å². The summed E-state index contributed by atoms with van der Waals surface area (Å²) in [5.41, 5.74) is 0.436. The monoisotopic (exact) mass is 359 g/mol. The Balaban J connectivity index is 0.00000576. The number of ether oxygens (including phenoxy) is 1. The molecule has 1 N–H and O–H groups in total. The van der Waals surface area contributed by atoms with E-state index in [9.17, 15) is 13.2 Å². The summed E-state index contributed by atoms with van der Waals surface area (Å²) in [5.74, 6) is 0. The van der Waals surface area contributed by atoms with Crippen molar-refractivity contribution in [3.05, 3.63) is 29.8 Å². The van der Waals surface area contributed by atoms with E-state index in [1.54, 1.807) is 32.9 Å². The van der Waals surface area contributed by atoms with E-state index in [1.807, 2.05) is 13.8 Å². The van der Waals surface area contributed by atoms with E-state index in [1.165, 1.54) is 12.1 Å². The highest BCUT2D eigenvalue weighted by molar-refractivity contribution is 7.86. The standard InChI is InChI=1S/C17H27NO5S.H2/c1-13-8-10-15(11-9-13)24(20,21)22-12-6-7-14(2)18-16(19)23-17(3,4)5;/h8-11,14H,6-7,12H2,1-5H3,(H,18,19);1H. The first kappa shape index (κ1) is 20.4. The molecule has 0 aromatic heterocycles. The molecular formula is C17H29NO5S. The van der Waals surface area contributed by atoms with Crippen LogP contribution in [0.15, 0.2) is 29.2 Å². The summed E-state index contributed by atoms with van der Waals surface area (Å²) in [5, 5.41) is 2.71. The van der Waals surface area contributed by atoms with Gasteiger partial charge in [0.15, 0.2) is 0 Å². The summed E-state index contributed by atoms with van der Waals surface area (Å²) in [7, 11) is -3.73. The molecule has 1 aromatic carbocycles. The second-order valence-corrected chi connectivity index (χ2v) is 8.39. The number of rotatable bonds is 7. The summed E-state index contributed by atoms with van der Waals surface area (Å²) < 4.78 is 34.2. The van der Waals surface area contributed by atoms with Crippen LogP contribution in [-0.2, 0) is 19.0 Å². The Morgan fingerprint density at radius 3 is 2.38 bits per heavy atom. The molecule has 1 unspecified atom stereocenters. The largest absolute Gasteiger partial charge is 0.444 e. The quantitative estimate of drug-likeness (QED) is 0.594. The average molecular weight is 359 g/mol. The second kappa shape index (κ2) is 8.48. The van der Waals surface area contributed by atoms with E-state index in [0.29, 0.717) is 12.8 Å². The van der Waals surface area contributed by atoms with E-state index < -0.39 is 21.8 Å². The van der Waals surface area contributed by atoms with Gasteiger partial charge >= 0.3 is 6.09 Å². The van der Waals surface area contributed by atoms with Crippen LogP contribution in [0.3, 0.4) is 0 Å². The number of hydrogen-bond donors (Lipinski definition) is 1. The predicted octanol–water partition coefficient (Wildman–Crippen LogP) is 3.64. The third-order valence-electron chi connectivity index (χ3n) is 3.09. The van der Waals surface area contributed by atoms with Gasteiger partial charge in [-0.05, 0) is 59.6 Å². The van der Waals surface area contributed by atoms with E-state index in [-0.39, 0.29) is 19.0 Å². The van der Waals surface area contributed by atoms with Crippen molar-refractivity contribution in [2.24, 2.45) is 0 Å². The fourth-order valence-corrected chi connectivity index (χ4v) is 2.85. The van der Waals surface area contributed by atoms with Crippen molar-refractivity contribution in [3.63, 3.8) is 0 Å². The van der Waals surface area contributed by atoms with Crippen LogP contribution in [0.2, 0.25) is 0 Å². The lowest BCUT2D eigenvalue weighted by molar-refractivity contribution is 0.0504. The molecule has 0 spiro atoms. The molecule has 24 heavy (non-hydrogen) atoms. The number of nitrogens with one attached hydrogen (secondary N) is 1. The summed E-state index contributed by atoms with van der Waals surface area (Å²) in [6.07, 6.45) is 0.605. The minimum atomic E-state index is -3.73. The maximum Gasteiger partial charge on any atom is 0.407 e. The molecule has 0 saturated heterocycles. The van der Waals surface area contributed by atoms with E-state index >= 15 is 0 Å². The van der Waals surface area contributed by atoms with Crippen molar-refractivity contribution in [3.8, 4) is 0 Å². The van der Waals surface area contributed by atoms with Gasteiger partial charge < -0.3 is 10.1 Å². The summed E-state index contributed by atoms with van der Waals surface area (Å²) >= 11 is 0. The van der Waals surface area contributed by atoms with E-state index in [0.717, 1.165) is 5.56 Å². The fourth-order valence-electron chi connectivity index (χ4n) is 1.91. The first-order valence-electron chi connectivity index (χ1n) is 7.95. The topological polar surface area (TPSA) is 81.7 Å². The second-order valence-electron chi connectivity index (χ2n) is 6.78. The Morgan fingerprint density at radius 2 is 1.83 bits per heavy atom. The molecule has 0 aliphatic carbocycles. The summed E-state index contributed by atoms with van der Waals surface area (Å²) in [6.45, 7) is 9.16. The van der Waals surface area contributed by atoms with Crippen LogP contribution in [-0.4, -0.2) is 32.8 Å². The predicted molar refractivity (Wildman–Crippen MR) is 94.5 cm³/mol. The van der Waals surface area contributed by atoms with Gasteiger partial charge in [0.2, 0.25) is 0 Å². The van der Waals surface area contributed by atoms with Crippen LogP contribution < -0.4 is 5.32 Å². The van der Waals surface area contributed by atoms with Gasteiger partial charge in [-0.3, -0.25) is 4.18 Å². The fraction of sp³-hybridized carbons (Fsp3) is 0.588. The van der Waals surface area contributed by atoms with Gasteiger partial charge in [-0.25, -0.2) is 4.79 Å². The van der Waals surface area contributed by atoms with Crippen LogP contribution >= 0.6 is 0 Å². The maximum atomic E-state index is 12.0. The zero-order chi connectivity index (χ0) is 18.4. The normalized spacial score (nSPS) is 13.4. The average Bonchev–Trinajstić information content (AvgIpc) is 2.42. The van der Waals surface area contributed by atoms with Crippen LogP contribution in [0.5, 0.6) is 0 Å². The highest BCUT2D eigenvalue weighted by Gasteiger charge is 2.18. The number of amides is 1. The SMILES string of the molecule is Cc1ccc(S(=O)(=O)OCCCC(C)NC(=O)OC(C)(C)C)cc1.[HH]. The third-order valence-corrected chi connectivity index (χ3v) is 4.42. The molecule has 0 aliphatic heterocycles. The number of hydrogen-bond acceptors (Lipinski definition) is 5. The van der Waals surface area contributed by atoms with Gasteiger partial charge in [0.1, 0.15) is 5.60 Å². The molecular weight excluding hydrogens is 330 g/mol. The van der Waals surface area contributed by atoms with Crippen LogP contribution in [0, 0.1) is 6.92 Å². The molecule has 138 valence electrons. The molecule has 1 rings (SSSR count). The zero-order valence-electron chi connectivity index (χ0n) is 15.0. The van der Waals surface area contributed by atoms with Crippen LogP contribution in [0.4, 0.5) is 4.79 Å². The molecule has 0 heterocycles. The van der Waals surface area contributed by atoms with Crippen molar-refractivity contribution in [2.45, 2.75) is 64.0 Å². The van der Waals surface area contributed by atoms with Gasteiger partial charge in [-0.15, -0.1) is 0 Å². The Bertz CT molecular complexity index is 638. The zero-order valence-corrected chi connectivity index (χ0v) is 15.8. The number of alkyl carbamates (subject to hydrolysis) is 1. The van der Waals surface area contributed by atoms with Crippen molar-refractivity contribution in [1.29, 1.82) is 0 Å². The van der Waals surface area contributed by atoms with Crippen molar-refractivity contribution in [1.82, 2.24) is 5.32 Å². The van der Waals surface area contributed by atoms with Gasteiger partial charge in [0.05, 0.1) is 11.5 Å². The smallest absolute Gasteiger partial charge is 0.407 e. The number of aryl methyl sites for hydroxylation is 1. The van der Waals surface area contributed by atoms with Gasteiger partial charge in [-0.2, -0.15) is 8.42 Å². The highest BCUT2D eigenvalue weighted by Crippen LogP contribution is 2.14. The molecule has 0 radical (unpaired) electrons. The van der Waals surface area contributed by atoms with Gasteiger partial charge in [0, 0.05) is 7.47 Å². The summed E-state index contributed by atoms with van der Waals surface area (Å²) in [4.78, 5) is 11.8. The molecule has 6 nitrogen and oxygen atoms in total. The number of carbonyl (C=O) groups excluding carboxylic acids is 1. The molecule has 0 saturated carbocycles. The third kappa shape index (κ3) is 7.79. The van der Waals surface area contributed by atoms with Crippen molar-refractivity contribution in [2.75, 3.05) is 6.61 Å². The lowest BCUT2D eigenvalue weighted by Gasteiger charge is -2.21. The highest BCUT2D eigenvalue weighted by atomic mass is 32.2. The number of benzene rings is 1. The molecule has 1 atom stereocenters. The lowest BCUT2D eigenvalue weighted by Crippen LogP contribution is -2.37. The number of carbonyl (C=O) groups is 1. The minimum absolute atomic E-state index is 0. The van der Waals surface area contributed by atoms with Gasteiger partial charge in [0.25, 0.3) is 10.1 Å². The van der Waals surface area contributed by atoms with E-state index in [2.05, 4.69) is 5.32 Å². The molecule has 1 amide bonds. The van der Waals surface area contributed by atoms with Crippen LogP contribution in [0.1, 0.15) is 47.5 Å². The van der Waals surface area contributed by atoms with Gasteiger partial charge in [-0.1, -0.05) is 17.7 Å². The Kier molecular flexibility index (Phi) is 7.23. The molecule has 0 fully saturated rings. The Labute approximate surface area is 146 Å². The van der Waals surface area contributed by atoms with E-state index in [4.69, 9.17) is 8.92 Å². The van der Waals surface area contributed by atoms with Crippen LogP contribution in [0.25, 0.3) is 0 Å². The minimum Gasteiger partial charge on any atom is -0.444 e. The molecule has 0 bridgehead atoms. The van der Waals surface area contributed by atoms with Crippen molar-refractivity contribution < 1.29 is 23.6 Å². The molecule has 0 aliphatic rings. The lowest BCUT2D eigenvalue weighted by atomic mass is 10.2. The Morgan fingerprint density at radius 1 is 1.25 bits per heavy atom.